The molecule has 0 bridgehead atoms. The normalized spacial score (nSPS) is 13.0. The van der Waals surface area contributed by atoms with Crippen LogP contribution in [0.4, 0.5) is 0 Å². The van der Waals surface area contributed by atoms with Gasteiger partial charge in [-0.3, -0.25) is 14.4 Å². The van der Waals surface area contributed by atoms with E-state index in [1.54, 1.807) is 44.2 Å². The summed E-state index contributed by atoms with van der Waals surface area (Å²) < 4.78 is 10.1. The molecule has 0 aromatic heterocycles. The van der Waals surface area contributed by atoms with Gasteiger partial charge in [0.25, 0.3) is 0 Å². The first-order valence-corrected chi connectivity index (χ1v) is 7.99. The number of carbonyl (C=O) groups excluding carboxylic acids is 3. The van der Waals surface area contributed by atoms with Crippen molar-refractivity contribution >= 4 is 17.7 Å². The highest BCUT2D eigenvalue weighted by Crippen LogP contribution is 2.25. The maximum absolute atomic E-state index is 12.8. The molecule has 1 aromatic carbocycles. The first-order chi connectivity index (χ1) is 11.1. The van der Waals surface area contributed by atoms with Crippen molar-refractivity contribution in [3.8, 4) is 0 Å². The number of hydrogen-bond donors (Lipinski definition) is 0. The first-order valence-electron chi connectivity index (χ1n) is 7.99. The SMILES string of the molecule is CCCC(C(=O)OCC)C(C(=O)OCC)C(=O)c1ccccc1. The van der Waals surface area contributed by atoms with Gasteiger partial charge in [-0.25, -0.2) is 0 Å². The lowest BCUT2D eigenvalue weighted by Crippen LogP contribution is -2.38. The summed E-state index contributed by atoms with van der Waals surface area (Å²) in [7, 11) is 0. The van der Waals surface area contributed by atoms with Gasteiger partial charge in [-0.2, -0.15) is 0 Å². The Kier molecular flexibility index (Phi) is 8.02. The summed E-state index contributed by atoms with van der Waals surface area (Å²) in [6.45, 7) is 5.61. The Labute approximate surface area is 137 Å². The van der Waals surface area contributed by atoms with Crippen molar-refractivity contribution < 1.29 is 23.9 Å². The van der Waals surface area contributed by atoms with Crippen LogP contribution in [0.25, 0.3) is 0 Å². The lowest BCUT2D eigenvalue weighted by atomic mass is 9.83. The summed E-state index contributed by atoms with van der Waals surface area (Å²) in [5, 5.41) is 0. The average Bonchev–Trinajstić information content (AvgIpc) is 2.55. The highest BCUT2D eigenvalue weighted by molar-refractivity contribution is 6.10. The predicted octanol–water partition coefficient (Wildman–Crippen LogP) is 3.03. The monoisotopic (exact) mass is 320 g/mol. The molecule has 0 heterocycles. The molecular formula is C18H24O5. The summed E-state index contributed by atoms with van der Waals surface area (Å²) in [4.78, 5) is 37.3. The molecule has 0 aliphatic rings. The van der Waals surface area contributed by atoms with Crippen molar-refractivity contribution in [1.29, 1.82) is 0 Å². The summed E-state index contributed by atoms with van der Waals surface area (Å²) in [5.74, 6) is -3.61. The van der Waals surface area contributed by atoms with Crippen LogP contribution in [0.5, 0.6) is 0 Å². The fourth-order valence-electron chi connectivity index (χ4n) is 2.45. The third-order valence-corrected chi connectivity index (χ3v) is 3.47. The number of carbonyl (C=O) groups is 3. The zero-order valence-electron chi connectivity index (χ0n) is 13.9. The van der Waals surface area contributed by atoms with E-state index in [1.807, 2.05) is 6.92 Å². The zero-order chi connectivity index (χ0) is 17.2. The minimum Gasteiger partial charge on any atom is -0.466 e. The van der Waals surface area contributed by atoms with E-state index in [-0.39, 0.29) is 13.2 Å². The Morgan fingerprint density at radius 3 is 2.00 bits per heavy atom. The fraction of sp³-hybridized carbons (Fsp3) is 0.500. The van der Waals surface area contributed by atoms with Crippen molar-refractivity contribution in [2.45, 2.75) is 33.6 Å². The summed E-state index contributed by atoms with van der Waals surface area (Å²) in [6.07, 6.45) is 1.04. The van der Waals surface area contributed by atoms with Crippen LogP contribution in [0, 0.1) is 11.8 Å². The second-order valence-corrected chi connectivity index (χ2v) is 5.11. The Hall–Kier alpha value is -2.17. The van der Waals surface area contributed by atoms with Gasteiger partial charge in [-0.05, 0) is 20.3 Å². The van der Waals surface area contributed by atoms with E-state index < -0.39 is 29.6 Å². The van der Waals surface area contributed by atoms with E-state index in [0.717, 1.165) is 0 Å². The van der Waals surface area contributed by atoms with Crippen LogP contribution >= 0.6 is 0 Å². The molecule has 1 rings (SSSR count). The highest BCUT2D eigenvalue weighted by atomic mass is 16.5. The number of rotatable bonds is 9. The molecule has 0 amide bonds. The molecule has 1 aromatic rings. The molecule has 0 fully saturated rings. The molecule has 2 atom stereocenters. The molecule has 5 heteroatoms. The molecule has 0 spiro atoms. The molecule has 0 aliphatic carbocycles. The Balaban J connectivity index is 3.18. The van der Waals surface area contributed by atoms with E-state index in [9.17, 15) is 14.4 Å². The third-order valence-electron chi connectivity index (χ3n) is 3.47. The lowest BCUT2D eigenvalue weighted by molar-refractivity contribution is -0.158. The average molecular weight is 320 g/mol. The number of ketones is 1. The number of Topliss-reactive ketones (excluding diaryl/α,β-unsaturated/α-hetero) is 1. The quantitative estimate of drug-likeness (QED) is 0.397. The van der Waals surface area contributed by atoms with Crippen LogP contribution in [0.15, 0.2) is 30.3 Å². The van der Waals surface area contributed by atoms with Crippen molar-refractivity contribution in [2.24, 2.45) is 11.8 Å². The van der Waals surface area contributed by atoms with Crippen molar-refractivity contribution in [3.05, 3.63) is 35.9 Å². The van der Waals surface area contributed by atoms with Crippen LogP contribution in [0.3, 0.4) is 0 Å². The van der Waals surface area contributed by atoms with Gasteiger partial charge in [0.1, 0.15) is 5.92 Å². The molecule has 0 saturated heterocycles. The van der Waals surface area contributed by atoms with Gasteiger partial charge in [-0.1, -0.05) is 43.7 Å². The topological polar surface area (TPSA) is 69.7 Å². The van der Waals surface area contributed by atoms with E-state index in [0.29, 0.717) is 18.4 Å². The maximum Gasteiger partial charge on any atom is 0.317 e. The Bertz CT molecular complexity index is 523. The van der Waals surface area contributed by atoms with Gasteiger partial charge < -0.3 is 9.47 Å². The van der Waals surface area contributed by atoms with Crippen LogP contribution in [-0.2, 0) is 19.1 Å². The molecule has 0 radical (unpaired) electrons. The van der Waals surface area contributed by atoms with Gasteiger partial charge >= 0.3 is 11.9 Å². The lowest BCUT2D eigenvalue weighted by Gasteiger charge is -2.23. The molecule has 0 N–H and O–H groups in total. The molecule has 0 aliphatic heterocycles. The number of esters is 2. The molecular weight excluding hydrogens is 296 g/mol. The molecule has 126 valence electrons. The molecule has 23 heavy (non-hydrogen) atoms. The van der Waals surface area contributed by atoms with E-state index >= 15 is 0 Å². The number of ether oxygens (including phenoxy) is 2. The number of hydrogen-bond acceptors (Lipinski definition) is 5. The minimum absolute atomic E-state index is 0.152. The summed E-state index contributed by atoms with van der Waals surface area (Å²) in [6, 6.07) is 8.47. The maximum atomic E-state index is 12.8. The molecule has 5 nitrogen and oxygen atoms in total. The standard InChI is InChI=1S/C18H24O5/c1-4-10-14(17(20)22-5-2)15(18(21)23-6-3)16(19)13-11-8-7-9-12-13/h7-9,11-12,14-15H,4-6,10H2,1-3H3. The van der Waals surface area contributed by atoms with Crippen LogP contribution in [-0.4, -0.2) is 30.9 Å². The minimum atomic E-state index is -1.17. The summed E-state index contributed by atoms with van der Waals surface area (Å²) in [5.41, 5.74) is 0.385. The van der Waals surface area contributed by atoms with Crippen LogP contribution < -0.4 is 0 Å². The van der Waals surface area contributed by atoms with Gasteiger partial charge in [-0.15, -0.1) is 0 Å². The van der Waals surface area contributed by atoms with Gasteiger partial charge in [0.05, 0.1) is 19.1 Å². The van der Waals surface area contributed by atoms with Crippen LogP contribution in [0.1, 0.15) is 44.0 Å². The first kappa shape index (κ1) is 18.9. The Morgan fingerprint density at radius 1 is 0.913 bits per heavy atom. The van der Waals surface area contributed by atoms with E-state index in [1.165, 1.54) is 0 Å². The van der Waals surface area contributed by atoms with Crippen molar-refractivity contribution in [2.75, 3.05) is 13.2 Å². The van der Waals surface area contributed by atoms with Gasteiger partial charge in [0, 0.05) is 5.56 Å². The zero-order valence-corrected chi connectivity index (χ0v) is 13.9. The largest absolute Gasteiger partial charge is 0.466 e. The highest BCUT2D eigenvalue weighted by Gasteiger charge is 2.40. The van der Waals surface area contributed by atoms with Crippen LogP contribution in [0.2, 0.25) is 0 Å². The van der Waals surface area contributed by atoms with Crippen molar-refractivity contribution in [3.63, 3.8) is 0 Å². The predicted molar refractivity (Wildman–Crippen MR) is 85.9 cm³/mol. The number of benzene rings is 1. The van der Waals surface area contributed by atoms with Gasteiger partial charge in [0.15, 0.2) is 5.78 Å². The van der Waals surface area contributed by atoms with E-state index in [2.05, 4.69) is 0 Å². The van der Waals surface area contributed by atoms with Crippen molar-refractivity contribution in [1.82, 2.24) is 0 Å². The fourth-order valence-corrected chi connectivity index (χ4v) is 2.45. The summed E-state index contributed by atoms with van der Waals surface area (Å²) >= 11 is 0. The molecule has 0 saturated carbocycles. The second-order valence-electron chi connectivity index (χ2n) is 5.11. The third kappa shape index (κ3) is 5.20. The molecule has 2 unspecified atom stereocenters. The second kappa shape index (κ2) is 9.77. The Morgan fingerprint density at radius 2 is 1.48 bits per heavy atom. The van der Waals surface area contributed by atoms with Gasteiger partial charge in [0.2, 0.25) is 0 Å². The smallest absolute Gasteiger partial charge is 0.317 e. The van der Waals surface area contributed by atoms with E-state index in [4.69, 9.17) is 9.47 Å².